The predicted molar refractivity (Wildman–Crippen MR) is 56.3 cm³/mol. The maximum Gasteiger partial charge on any atom is 0.330 e. The Balaban J connectivity index is 2.44. The third-order valence-corrected chi connectivity index (χ3v) is 2.21. The highest BCUT2D eigenvalue weighted by Crippen LogP contribution is 2.11. The third-order valence-electron chi connectivity index (χ3n) is 2.21. The van der Waals surface area contributed by atoms with Crippen LogP contribution in [0.3, 0.4) is 0 Å². The molecule has 0 aromatic heterocycles. The molecule has 1 heterocycles. The molecule has 88 valence electrons. The number of hydrogen-bond acceptors (Lipinski definition) is 4. The second-order valence-electron chi connectivity index (χ2n) is 3.41. The summed E-state index contributed by atoms with van der Waals surface area (Å²) in [4.78, 5) is 34.8. The molecule has 0 aromatic rings. The summed E-state index contributed by atoms with van der Waals surface area (Å²) in [6, 6.07) is 0. The van der Waals surface area contributed by atoms with E-state index in [9.17, 15) is 14.4 Å². The van der Waals surface area contributed by atoms with Gasteiger partial charge in [0.05, 0.1) is 6.61 Å². The Bertz CT molecular complexity index is 306. The Morgan fingerprint density at radius 3 is 2.56 bits per heavy atom. The minimum Gasteiger partial charge on any atom is -0.463 e. The van der Waals surface area contributed by atoms with E-state index in [-0.39, 0.29) is 18.4 Å². The van der Waals surface area contributed by atoms with Gasteiger partial charge in [0, 0.05) is 25.5 Å². The van der Waals surface area contributed by atoms with Crippen molar-refractivity contribution in [1.82, 2.24) is 4.90 Å². The molecular weight excluding hydrogens is 210 g/mol. The Morgan fingerprint density at radius 2 is 2.00 bits per heavy atom. The zero-order chi connectivity index (χ0) is 12.0. The van der Waals surface area contributed by atoms with Crippen molar-refractivity contribution in [2.75, 3.05) is 13.2 Å². The minimum atomic E-state index is -0.459. The van der Waals surface area contributed by atoms with Gasteiger partial charge in [-0.1, -0.05) is 6.08 Å². The molecule has 1 aliphatic heterocycles. The molecule has 1 saturated heterocycles. The molecule has 0 spiro atoms. The van der Waals surface area contributed by atoms with Crippen LogP contribution in [0.15, 0.2) is 12.2 Å². The van der Waals surface area contributed by atoms with E-state index in [1.807, 2.05) is 0 Å². The Kier molecular flexibility index (Phi) is 4.69. The highest BCUT2D eigenvalue weighted by molar-refractivity contribution is 5.97. The molecule has 0 aliphatic carbocycles. The number of carbonyl (C=O) groups is 3. The molecule has 1 rings (SSSR count). The summed E-state index contributed by atoms with van der Waals surface area (Å²) in [7, 11) is 0. The van der Waals surface area contributed by atoms with Crippen molar-refractivity contribution < 1.29 is 19.1 Å². The molecule has 0 unspecified atom stereocenters. The van der Waals surface area contributed by atoms with Gasteiger partial charge in [0.25, 0.3) is 0 Å². The van der Waals surface area contributed by atoms with Crippen molar-refractivity contribution in [3.05, 3.63) is 12.2 Å². The molecule has 1 aliphatic rings. The summed E-state index contributed by atoms with van der Waals surface area (Å²) >= 11 is 0. The second-order valence-corrected chi connectivity index (χ2v) is 3.41. The van der Waals surface area contributed by atoms with Crippen LogP contribution >= 0.6 is 0 Å². The van der Waals surface area contributed by atoms with Crippen LogP contribution in [0.25, 0.3) is 0 Å². The summed E-state index contributed by atoms with van der Waals surface area (Å²) < 4.78 is 4.67. The number of piperidine rings is 1. The van der Waals surface area contributed by atoms with Gasteiger partial charge in [0.15, 0.2) is 0 Å². The number of carbonyl (C=O) groups excluding carboxylic acids is 3. The first-order chi connectivity index (χ1) is 7.65. The molecule has 16 heavy (non-hydrogen) atoms. The van der Waals surface area contributed by atoms with E-state index in [0.29, 0.717) is 25.9 Å². The van der Waals surface area contributed by atoms with Gasteiger partial charge in [-0.2, -0.15) is 0 Å². The van der Waals surface area contributed by atoms with Gasteiger partial charge in [-0.05, 0) is 13.3 Å². The molecule has 0 saturated carbocycles. The first-order valence-electron chi connectivity index (χ1n) is 5.31. The van der Waals surface area contributed by atoms with Crippen LogP contribution < -0.4 is 0 Å². The average molecular weight is 225 g/mol. The lowest BCUT2D eigenvalue weighted by atomic mass is 10.1. The van der Waals surface area contributed by atoms with Crippen molar-refractivity contribution in [3.8, 4) is 0 Å². The molecule has 5 heteroatoms. The SMILES string of the molecule is CCOC(=O)/C=C/CN1C(=O)CCCC1=O. The standard InChI is InChI=1S/C11H15NO4/c1-2-16-11(15)7-4-8-12-9(13)5-3-6-10(12)14/h4,7H,2-3,5-6,8H2,1H3/b7-4+. The first-order valence-corrected chi connectivity index (χ1v) is 5.31. The summed E-state index contributed by atoms with van der Waals surface area (Å²) in [5.74, 6) is -0.811. The van der Waals surface area contributed by atoms with Crippen LogP contribution in [-0.4, -0.2) is 35.8 Å². The highest BCUT2D eigenvalue weighted by Gasteiger charge is 2.24. The van der Waals surface area contributed by atoms with Gasteiger partial charge in [-0.25, -0.2) is 4.79 Å². The Labute approximate surface area is 94.1 Å². The smallest absolute Gasteiger partial charge is 0.330 e. The predicted octanol–water partition coefficient (Wildman–Crippen LogP) is 0.645. The van der Waals surface area contributed by atoms with Crippen LogP contribution in [0.4, 0.5) is 0 Å². The third kappa shape index (κ3) is 3.49. The van der Waals surface area contributed by atoms with Gasteiger partial charge < -0.3 is 4.74 Å². The number of amides is 2. The maximum atomic E-state index is 11.4. The monoisotopic (exact) mass is 225 g/mol. The van der Waals surface area contributed by atoms with Crippen LogP contribution in [-0.2, 0) is 19.1 Å². The average Bonchev–Trinajstić information content (AvgIpc) is 2.23. The van der Waals surface area contributed by atoms with Crippen LogP contribution in [0.1, 0.15) is 26.2 Å². The highest BCUT2D eigenvalue weighted by atomic mass is 16.5. The fraction of sp³-hybridized carbons (Fsp3) is 0.545. The van der Waals surface area contributed by atoms with E-state index in [0.717, 1.165) is 0 Å². The van der Waals surface area contributed by atoms with Crippen LogP contribution in [0.5, 0.6) is 0 Å². The number of nitrogens with zero attached hydrogens (tertiary/aromatic N) is 1. The summed E-state index contributed by atoms with van der Waals surface area (Å²) in [5.41, 5.74) is 0. The number of rotatable bonds is 4. The minimum absolute atomic E-state index is 0.149. The van der Waals surface area contributed by atoms with Gasteiger partial charge >= 0.3 is 5.97 Å². The van der Waals surface area contributed by atoms with E-state index in [1.54, 1.807) is 6.92 Å². The van der Waals surface area contributed by atoms with E-state index in [1.165, 1.54) is 17.1 Å². The molecular formula is C11H15NO4. The number of likely N-dealkylation sites (tertiary alicyclic amines) is 1. The van der Waals surface area contributed by atoms with Gasteiger partial charge in [0.1, 0.15) is 0 Å². The van der Waals surface area contributed by atoms with Gasteiger partial charge in [-0.15, -0.1) is 0 Å². The van der Waals surface area contributed by atoms with Gasteiger partial charge in [-0.3, -0.25) is 14.5 Å². The van der Waals surface area contributed by atoms with E-state index in [2.05, 4.69) is 4.74 Å². The van der Waals surface area contributed by atoms with Crippen molar-refractivity contribution >= 4 is 17.8 Å². The Morgan fingerprint density at radius 1 is 1.38 bits per heavy atom. The van der Waals surface area contributed by atoms with Crippen molar-refractivity contribution in [2.45, 2.75) is 26.2 Å². The summed E-state index contributed by atoms with van der Waals surface area (Å²) in [6.45, 7) is 2.17. The summed E-state index contributed by atoms with van der Waals surface area (Å²) in [5, 5.41) is 0. The lowest BCUT2D eigenvalue weighted by Gasteiger charge is -2.23. The fourth-order valence-electron chi connectivity index (χ4n) is 1.45. The largest absolute Gasteiger partial charge is 0.463 e. The number of imide groups is 1. The molecule has 0 aromatic carbocycles. The van der Waals surface area contributed by atoms with E-state index >= 15 is 0 Å². The number of esters is 1. The topological polar surface area (TPSA) is 63.7 Å². The molecule has 2 amide bonds. The van der Waals surface area contributed by atoms with Crippen molar-refractivity contribution in [3.63, 3.8) is 0 Å². The van der Waals surface area contributed by atoms with E-state index < -0.39 is 5.97 Å². The Hall–Kier alpha value is -1.65. The first kappa shape index (κ1) is 12.4. The molecule has 5 nitrogen and oxygen atoms in total. The summed E-state index contributed by atoms with van der Waals surface area (Å²) in [6.07, 6.45) is 4.13. The van der Waals surface area contributed by atoms with E-state index in [4.69, 9.17) is 0 Å². The quantitative estimate of drug-likeness (QED) is 0.400. The zero-order valence-electron chi connectivity index (χ0n) is 9.27. The second kappa shape index (κ2) is 6.05. The maximum absolute atomic E-state index is 11.4. The fourth-order valence-corrected chi connectivity index (χ4v) is 1.45. The van der Waals surface area contributed by atoms with Crippen LogP contribution in [0.2, 0.25) is 0 Å². The van der Waals surface area contributed by atoms with Gasteiger partial charge in [0.2, 0.25) is 11.8 Å². The lowest BCUT2D eigenvalue weighted by molar-refractivity contribution is -0.147. The lowest BCUT2D eigenvalue weighted by Crippen LogP contribution is -2.40. The number of hydrogen-bond donors (Lipinski definition) is 0. The molecule has 0 N–H and O–H groups in total. The van der Waals surface area contributed by atoms with Crippen molar-refractivity contribution in [2.24, 2.45) is 0 Å². The normalized spacial score (nSPS) is 16.9. The van der Waals surface area contributed by atoms with Crippen molar-refractivity contribution in [1.29, 1.82) is 0 Å². The zero-order valence-corrected chi connectivity index (χ0v) is 9.27. The van der Waals surface area contributed by atoms with Crippen LogP contribution in [0, 0.1) is 0 Å². The molecule has 0 radical (unpaired) electrons. The molecule has 0 bridgehead atoms. The molecule has 1 fully saturated rings. The number of ether oxygens (including phenoxy) is 1. The molecule has 0 atom stereocenters.